The predicted octanol–water partition coefficient (Wildman–Crippen LogP) is 2.23. The van der Waals surface area contributed by atoms with Crippen LogP contribution in [0.25, 0.3) is 10.2 Å². The fraction of sp³-hybridized carbons (Fsp3) is 0.333. The first kappa shape index (κ1) is 8.44. The third kappa shape index (κ3) is 1.49. The average molecular weight is 193 g/mol. The first-order valence-electron chi connectivity index (χ1n) is 4.30. The molecule has 68 valence electrons. The topological polar surface area (TPSA) is 51.8 Å². The number of hydrogen-bond acceptors (Lipinski definition) is 4. The summed E-state index contributed by atoms with van der Waals surface area (Å²) in [5.41, 5.74) is 6.82. The Labute approximate surface area is 80.6 Å². The van der Waals surface area contributed by atoms with Crippen LogP contribution in [0.4, 0.5) is 5.00 Å². The quantitative estimate of drug-likeness (QED) is 0.795. The number of rotatable bonds is 2. The highest BCUT2D eigenvalue weighted by molar-refractivity contribution is 7.22. The molecule has 0 unspecified atom stereocenters. The Hall–Kier alpha value is -1.16. The number of nitrogens with zero attached hydrogens (tertiary/aromatic N) is 2. The zero-order chi connectivity index (χ0) is 9.26. The van der Waals surface area contributed by atoms with Crippen molar-refractivity contribution in [1.82, 2.24) is 9.97 Å². The Bertz CT molecular complexity index is 422. The molecule has 2 aromatic heterocycles. The molecule has 0 saturated carbocycles. The molecular weight excluding hydrogens is 182 g/mol. The number of hydrogen-bond donors (Lipinski definition) is 1. The van der Waals surface area contributed by atoms with Crippen LogP contribution in [0, 0.1) is 0 Å². The van der Waals surface area contributed by atoms with Crippen LogP contribution in [-0.4, -0.2) is 9.97 Å². The summed E-state index contributed by atoms with van der Waals surface area (Å²) in [6.45, 7) is 2.14. The van der Waals surface area contributed by atoms with Crippen molar-refractivity contribution in [3.05, 3.63) is 18.1 Å². The maximum atomic E-state index is 5.71. The highest BCUT2D eigenvalue weighted by atomic mass is 32.1. The average Bonchev–Trinajstić information content (AvgIpc) is 2.47. The van der Waals surface area contributed by atoms with Gasteiger partial charge in [0, 0.05) is 5.39 Å². The molecule has 4 heteroatoms. The van der Waals surface area contributed by atoms with Gasteiger partial charge in [0.15, 0.2) is 0 Å². The molecule has 0 aliphatic heterocycles. The van der Waals surface area contributed by atoms with E-state index in [1.165, 1.54) is 11.3 Å². The number of nitrogens with two attached hydrogens (primary N) is 1. The number of anilines is 1. The standard InChI is InChI=1S/C9H11N3S/c1-2-3-7-6-4-8(10)13-9(6)12-5-11-7/h4-5H,2-3,10H2,1H3. The van der Waals surface area contributed by atoms with E-state index in [1.807, 2.05) is 6.07 Å². The molecule has 0 fully saturated rings. The summed E-state index contributed by atoms with van der Waals surface area (Å²) in [6, 6.07) is 1.96. The van der Waals surface area contributed by atoms with Gasteiger partial charge in [-0.15, -0.1) is 0 Å². The minimum atomic E-state index is 0.813. The summed E-state index contributed by atoms with van der Waals surface area (Å²) in [7, 11) is 0. The summed E-state index contributed by atoms with van der Waals surface area (Å²) in [4.78, 5) is 9.42. The van der Waals surface area contributed by atoms with E-state index >= 15 is 0 Å². The monoisotopic (exact) mass is 193 g/mol. The second kappa shape index (κ2) is 3.30. The molecule has 2 aromatic rings. The van der Waals surface area contributed by atoms with E-state index in [0.717, 1.165) is 33.8 Å². The van der Waals surface area contributed by atoms with Gasteiger partial charge in [-0.2, -0.15) is 0 Å². The van der Waals surface area contributed by atoms with Crippen LogP contribution in [0.15, 0.2) is 12.4 Å². The minimum Gasteiger partial charge on any atom is -0.391 e. The molecule has 0 atom stereocenters. The van der Waals surface area contributed by atoms with Crippen molar-refractivity contribution in [1.29, 1.82) is 0 Å². The van der Waals surface area contributed by atoms with Gasteiger partial charge in [-0.1, -0.05) is 24.7 Å². The molecule has 13 heavy (non-hydrogen) atoms. The summed E-state index contributed by atoms with van der Waals surface area (Å²) < 4.78 is 0. The number of fused-ring (bicyclic) bond motifs is 1. The maximum absolute atomic E-state index is 5.71. The van der Waals surface area contributed by atoms with Gasteiger partial charge in [-0.3, -0.25) is 0 Å². The molecule has 3 nitrogen and oxygen atoms in total. The molecule has 0 bridgehead atoms. The first-order valence-corrected chi connectivity index (χ1v) is 5.12. The molecule has 0 saturated heterocycles. The zero-order valence-electron chi connectivity index (χ0n) is 7.45. The van der Waals surface area contributed by atoms with E-state index < -0.39 is 0 Å². The summed E-state index contributed by atoms with van der Waals surface area (Å²) in [5.74, 6) is 0. The van der Waals surface area contributed by atoms with E-state index in [-0.39, 0.29) is 0 Å². The molecule has 0 amide bonds. The van der Waals surface area contributed by atoms with Crippen LogP contribution >= 0.6 is 11.3 Å². The molecule has 0 radical (unpaired) electrons. The van der Waals surface area contributed by atoms with E-state index in [4.69, 9.17) is 5.73 Å². The summed E-state index contributed by atoms with van der Waals surface area (Å²) in [6.07, 6.45) is 3.71. The van der Waals surface area contributed by atoms with Crippen molar-refractivity contribution in [2.45, 2.75) is 19.8 Å². The second-order valence-electron chi connectivity index (χ2n) is 2.94. The van der Waals surface area contributed by atoms with Gasteiger partial charge in [0.2, 0.25) is 0 Å². The largest absolute Gasteiger partial charge is 0.391 e. The van der Waals surface area contributed by atoms with Gasteiger partial charge in [-0.25, -0.2) is 9.97 Å². The zero-order valence-corrected chi connectivity index (χ0v) is 8.27. The van der Waals surface area contributed by atoms with Gasteiger partial charge in [0.1, 0.15) is 11.2 Å². The second-order valence-corrected chi connectivity index (χ2v) is 4.00. The summed E-state index contributed by atoms with van der Waals surface area (Å²) >= 11 is 1.52. The fourth-order valence-electron chi connectivity index (χ4n) is 1.36. The van der Waals surface area contributed by atoms with Crippen molar-refractivity contribution in [2.75, 3.05) is 5.73 Å². The number of aromatic nitrogens is 2. The van der Waals surface area contributed by atoms with Gasteiger partial charge in [0.25, 0.3) is 0 Å². The lowest BCUT2D eigenvalue weighted by molar-refractivity contribution is 0.887. The first-order chi connectivity index (χ1) is 6.31. The van der Waals surface area contributed by atoms with Crippen molar-refractivity contribution >= 4 is 26.6 Å². The predicted molar refractivity (Wildman–Crippen MR) is 55.8 cm³/mol. The Kier molecular flexibility index (Phi) is 2.14. The van der Waals surface area contributed by atoms with Gasteiger partial charge in [-0.05, 0) is 12.5 Å². The molecule has 2 rings (SSSR count). The van der Waals surface area contributed by atoms with Gasteiger partial charge in [0.05, 0.1) is 10.7 Å². The Morgan fingerprint density at radius 2 is 2.31 bits per heavy atom. The van der Waals surface area contributed by atoms with Crippen LogP contribution in [0.2, 0.25) is 0 Å². The Morgan fingerprint density at radius 1 is 1.46 bits per heavy atom. The normalized spacial score (nSPS) is 10.8. The number of thiophene rings is 1. The van der Waals surface area contributed by atoms with Crippen LogP contribution < -0.4 is 5.73 Å². The van der Waals surface area contributed by atoms with Crippen LogP contribution in [0.3, 0.4) is 0 Å². The molecule has 0 aromatic carbocycles. The van der Waals surface area contributed by atoms with E-state index in [0.29, 0.717) is 0 Å². The van der Waals surface area contributed by atoms with Crippen LogP contribution in [0.5, 0.6) is 0 Å². The lowest BCUT2D eigenvalue weighted by Crippen LogP contribution is -1.89. The molecule has 2 N–H and O–H groups in total. The van der Waals surface area contributed by atoms with Crippen LogP contribution in [0.1, 0.15) is 19.0 Å². The highest BCUT2D eigenvalue weighted by Crippen LogP contribution is 2.27. The third-order valence-corrected chi connectivity index (χ3v) is 2.79. The third-order valence-electron chi connectivity index (χ3n) is 1.92. The molecule has 0 aliphatic rings. The lowest BCUT2D eigenvalue weighted by atomic mass is 10.2. The number of aryl methyl sites for hydroxylation is 1. The molecule has 2 heterocycles. The molecule has 0 spiro atoms. The van der Waals surface area contributed by atoms with Gasteiger partial charge < -0.3 is 5.73 Å². The van der Waals surface area contributed by atoms with E-state index in [1.54, 1.807) is 6.33 Å². The van der Waals surface area contributed by atoms with Crippen LogP contribution in [-0.2, 0) is 6.42 Å². The van der Waals surface area contributed by atoms with Crippen molar-refractivity contribution in [3.8, 4) is 0 Å². The molecular formula is C9H11N3S. The van der Waals surface area contributed by atoms with Gasteiger partial charge >= 0.3 is 0 Å². The fourth-order valence-corrected chi connectivity index (χ4v) is 2.15. The van der Waals surface area contributed by atoms with E-state index in [9.17, 15) is 0 Å². The smallest absolute Gasteiger partial charge is 0.128 e. The Balaban J connectivity index is 2.60. The summed E-state index contributed by atoms with van der Waals surface area (Å²) in [5, 5.41) is 1.93. The minimum absolute atomic E-state index is 0.813. The molecule has 0 aliphatic carbocycles. The highest BCUT2D eigenvalue weighted by Gasteiger charge is 2.05. The SMILES string of the molecule is CCCc1ncnc2sc(N)cc12. The number of nitrogen functional groups attached to an aromatic ring is 1. The van der Waals surface area contributed by atoms with Crippen molar-refractivity contribution in [2.24, 2.45) is 0 Å². The van der Waals surface area contributed by atoms with Crippen molar-refractivity contribution in [3.63, 3.8) is 0 Å². The maximum Gasteiger partial charge on any atom is 0.128 e. The lowest BCUT2D eigenvalue weighted by Gasteiger charge is -1.97. The van der Waals surface area contributed by atoms with Crippen molar-refractivity contribution < 1.29 is 0 Å². The Morgan fingerprint density at radius 3 is 3.08 bits per heavy atom. The van der Waals surface area contributed by atoms with E-state index in [2.05, 4.69) is 16.9 Å².